The van der Waals surface area contributed by atoms with Crippen molar-refractivity contribution >= 4 is 22.6 Å². The van der Waals surface area contributed by atoms with Crippen molar-refractivity contribution in [1.82, 2.24) is 15.1 Å². The Morgan fingerprint density at radius 3 is 2.50 bits per heavy atom. The molecule has 0 radical (unpaired) electrons. The second-order valence-corrected chi connectivity index (χ2v) is 8.19. The van der Waals surface area contributed by atoms with Crippen LogP contribution in [0.3, 0.4) is 0 Å². The number of amides is 2. The molecule has 2 aliphatic rings. The Morgan fingerprint density at radius 1 is 0.967 bits per heavy atom. The van der Waals surface area contributed by atoms with Gasteiger partial charge in [0.1, 0.15) is 0 Å². The summed E-state index contributed by atoms with van der Waals surface area (Å²) in [5.41, 5.74) is 0.749. The van der Waals surface area contributed by atoms with E-state index in [0.29, 0.717) is 19.6 Å². The summed E-state index contributed by atoms with van der Waals surface area (Å²) in [7, 11) is 0. The van der Waals surface area contributed by atoms with E-state index in [1.165, 1.54) is 0 Å². The number of carbonyl (C=O) groups excluding carboxylic acids is 2. The summed E-state index contributed by atoms with van der Waals surface area (Å²) in [6.45, 7) is 6.56. The molecule has 0 aliphatic carbocycles. The first kappa shape index (κ1) is 20.8. The monoisotopic (exact) mass is 409 g/mol. The normalized spacial score (nSPS) is 18.5. The van der Waals surface area contributed by atoms with Crippen LogP contribution >= 0.6 is 0 Å². The van der Waals surface area contributed by atoms with Gasteiger partial charge in [0, 0.05) is 44.2 Å². The Bertz CT molecular complexity index is 866. The first-order chi connectivity index (χ1) is 14.7. The van der Waals surface area contributed by atoms with Crippen molar-refractivity contribution in [1.29, 1.82) is 0 Å². The second-order valence-electron chi connectivity index (χ2n) is 8.19. The van der Waals surface area contributed by atoms with E-state index in [2.05, 4.69) is 10.2 Å². The lowest BCUT2D eigenvalue weighted by atomic mass is 9.94. The van der Waals surface area contributed by atoms with Gasteiger partial charge in [-0.3, -0.25) is 14.5 Å². The third-order valence-corrected chi connectivity index (χ3v) is 6.23. The van der Waals surface area contributed by atoms with Crippen LogP contribution in [0.1, 0.15) is 29.6 Å². The number of benzene rings is 2. The molecule has 6 nitrogen and oxygen atoms in total. The molecule has 0 atom stereocenters. The van der Waals surface area contributed by atoms with Gasteiger partial charge in [-0.05, 0) is 42.6 Å². The lowest BCUT2D eigenvalue weighted by Gasteiger charge is -2.32. The van der Waals surface area contributed by atoms with Gasteiger partial charge < -0.3 is 15.0 Å². The molecule has 6 heteroatoms. The van der Waals surface area contributed by atoms with E-state index in [9.17, 15) is 9.59 Å². The van der Waals surface area contributed by atoms with Gasteiger partial charge in [-0.15, -0.1) is 0 Å². The standard InChI is InChI=1S/C24H31N3O3/c28-23(25-11-4-12-26-15-17-30-18-16-26)20-9-13-27(14-10-20)24(29)22-8-3-6-19-5-1-2-7-21(19)22/h1-3,5-8,20H,4,9-18H2,(H,25,28). The van der Waals surface area contributed by atoms with Crippen LogP contribution in [0.4, 0.5) is 0 Å². The molecule has 4 rings (SSSR count). The molecule has 2 aromatic carbocycles. The number of piperidine rings is 1. The number of hydrogen-bond donors (Lipinski definition) is 1. The van der Waals surface area contributed by atoms with Crippen LogP contribution < -0.4 is 5.32 Å². The average Bonchev–Trinajstić information content (AvgIpc) is 2.81. The highest BCUT2D eigenvalue weighted by molar-refractivity contribution is 6.07. The van der Waals surface area contributed by atoms with E-state index < -0.39 is 0 Å². The summed E-state index contributed by atoms with van der Waals surface area (Å²) in [4.78, 5) is 29.9. The lowest BCUT2D eigenvalue weighted by Crippen LogP contribution is -2.43. The molecule has 0 saturated carbocycles. The summed E-state index contributed by atoms with van der Waals surface area (Å²) in [6.07, 6.45) is 2.42. The number of carbonyl (C=O) groups is 2. The van der Waals surface area contributed by atoms with Gasteiger partial charge in [0.05, 0.1) is 13.2 Å². The van der Waals surface area contributed by atoms with Crippen LogP contribution in [0.25, 0.3) is 10.8 Å². The molecule has 2 amide bonds. The van der Waals surface area contributed by atoms with Gasteiger partial charge in [-0.25, -0.2) is 0 Å². The van der Waals surface area contributed by atoms with Crippen LogP contribution in [-0.4, -0.2) is 74.1 Å². The Labute approximate surface area is 178 Å². The van der Waals surface area contributed by atoms with E-state index in [0.717, 1.165) is 68.4 Å². The Balaban J connectivity index is 1.23. The van der Waals surface area contributed by atoms with Crippen molar-refractivity contribution in [2.24, 2.45) is 5.92 Å². The van der Waals surface area contributed by atoms with E-state index in [4.69, 9.17) is 4.74 Å². The highest BCUT2D eigenvalue weighted by atomic mass is 16.5. The first-order valence-electron chi connectivity index (χ1n) is 11.1. The van der Waals surface area contributed by atoms with E-state index >= 15 is 0 Å². The molecule has 0 unspecified atom stereocenters. The highest BCUT2D eigenvalue weighted by Gasteiger charge is 2.28. The topological polar surface area (TPSA) is 61.9 Å². The van der Waals surface area contributed by atoms with Crippen LogP contribution in [-0.2, 0) is 9.53 Å². The van der Waals surface area contributed by atoms with Crippen molar-refractivity contribution in [3.63, 3.8) is 0 Å². The second kappa shape index (κ2) is 10.0. The highest BCUT2D eigenvalue weighted by Crippen LogP contribution is 2.23. The number of rotatable bonds is 6. The smallest absolute Gasteiger partial charge is 0.254 e. The van der Waals surface area contributed by atoms with Crippen molar-refractivity contribution in [2.75, 3.05) is 52.5 Å². The maximum Gasteiger partial charge on any atom is 0.254 e. The zero-order chi connectivity index (χ0) is 20.8. The number of likely N-dealkylation sites (tertiary alicyclic amines) is 1. The van der Waals surface area contributed by atoms with Crippen LogP contribution in [0.5, 0.6) is 0 Å². The van der Waals surface area contributed by atoms with E-state index in [-0.39, 0.29) is 17.7 Å². The van der Waals surface area contributed by atoms with Gasteiger partial charge in [0.25, 0.3) is 5.91 Å². The maximum atomic E-state index is 13.1. The first-order valence-corrected chi connectivity index (χ1v) is 11.1. The van der Waals surface area contributed by atoms with Crippen LogP contribution in [0.2, 0.25) is 0 Å². The molecule has 2 fully saturated rings. The van der Waals surface area contributed by atoms with Crippen LogP contribution in [0.15, 0.2) is 42.5 Å². The number of nitrogens with zero attached hydrogens (tertiary/aromatic N) is 2. The third-order valence-electron chi connectivity index (χ3n) is 6.23. The largest absolute Gasteiger partial charge is 0.379 e. The summed E-state index contributed by atoms with van der Waals surface area (Å²) in [6, 6.07) is 13.9. The van der Waals surface area contributed by atoms with Crippen molar-refractivity contribution in [3.8, 4) is 0 Å². The molecule has 0 spiro atoms. The predicted octanol–water partition coefficient (Wildman–Crippen LogP) is 2.53. The molecular weight excluding hydrogens is 378 g/mol. The molecule has 1 N–H and O–H groups in total. The minimum Gasteiger partial charge on any atom is -0.379 e. The predicted molar refractivity (Wildman–Crippen MR) is 117 cm³/mol. The Morgan fingerprint density at radius 2 is 1.70 bits per heavy atom. The number of hydrogen-bond acceptors (Lipinski definition) is 4. The molecule has 0 bridgehead atoms. The molecular formula is C24H31N3O3. The van der Waals surface area contributed by atoms with Crippen molar-refractivity contribution in [2.45, 2.75) is 19.3 Å². The number of nitrogens with one attached hydrogen (secondary N) is 1. The number of ether oxygens (including phenoxy) is 1. The Hall–Kier alpha value is -2.44. The van der Waals surface area contributed by atoms with Gasteiger partial charge in [-0.2, -0.15) is 0 Å². The summed E-state index contributed by atoms with van der Waals surface area (Å²) < 4.78 is 5.36. The van der Waals surface area contributed by atoms with E-state index in [1.807, 2.05) is 47.4 Å². The van der Waals surface area contributed by atoms with Gasteiger partial charge in [0.15, 0.2) is 0 Å². The maximum absolute atomic E-state index is 13.1. The third kappa shape index (κ3) is 4.99. The molecule has 2 saturated heterocycles. The molecule has 0 aromatic heterocycles. The zero-order valence-electron chi connectivity index (χ0n) is 17.5. The average molecular weight is 410 g/mol. The quantitative estimate of drug-likeness (QED) is 0.745. The lowest BCUT2D eigenvalue weighted by molar-refractivity contribution is -0.126. The SMILES string of the molecule is O=C(NCCCN1CCOCC1)C1CCN(C(=O)c2cccc3ccccc23)CC1. The molecule has 2 aromatic rings. The van der Waals surface area contributed by atoms with Crippen molar-refractivity contribution < 1.29 is 14.3 Å². The fourth-order valence-electron chi connectivity index (χ4n) is 4.41. The zero-order valence-corrected chi connectivity index (χ0v) is 17.5. The summed E-state index contributed by atoms with van der Waals surface area (Å²) in [5, 5.41) is 5.16. The van der Waals surface area contributed by atoms with Gasteiger partial charge in [0.2, 0.25) is 5.91 Å². The molecule has 2 aliphatic heterocycles. The summed E-state index contributed by atoms with van der Waals surface area (Å²) >= 11 is 0. The van der Waals surface area contributed by atoms with Gasteiger partial charge in [-0.1, -0.05) is 36.4 Å². The van der Waals surface area contributed by atoms with E-state index in [1.54, 1.807) is 0 Å². The minimum atomic E-state index is 0.00459. The summed E-state index contributed by atoms with van der Waals surface area (Å²) in [5.74, 6) is 0.204. The van der Waals surface area contributed by atoms with Crippen LogP contribution in [0, 0.1) is 5.92 Å². The fourth-order valence-corrected chi connectivity index (χ4v) is 4.41. The fraction of sp³-hybridized carbons (Fsp3) is 0.500. The number of fused-ring (bicyclic) bond motifs is 1. The van der Waals surface area contributed by atoms with Crippen molar-refractivity contribution in [3.05, 3.63) is 48.0 Å². The molecule has 160 valence electrons. The molecule has 2 heterocycles. The molecule has 30 heavy (non-hydrogen) atoms. The minimum absolute atomic E-state index is 0.00459. The number of morpholine rings is 1. The Kier molecular flexibility index (Phi) is 6.97. The van der Waals surface area contributed by atoms with Gasteiger partial charge >= 0.3 is 0 Å².